The lowest BCUT2D eigenvalue weighted by Crippen LogP contribution is -2.57. The van der Waals surface area contributed by atoms with Crippen molar-refractivity contribution in [2.75, 3.05) is 6.54 Å². The molecule has 0 saturated carbocycles. The molecule has 2 aliphatic heterocycles. The van der Waals surface area contributed by atoms with E-state index in [9.17, 15) is 5.11 Å². The number of rotatable bonds is 7. The standard InChI is InChI=1S/C18H35NO2/c1-15(2)9-5-3-4-6-10-17-13-16(20)14-18(21-17)11-7-8-12-19-18/h15-17,19-20H,3-14H2,1-2H3/t16-,17-,18+/m1/s1. The van der Waals surface area contributed by atoms with E-state index in [2.05, 4.69) is 19.2 Å². The Hall–Kier alpha value is -0.120. The Balaban J connectivity index is 1.65. The molecule has 2 aliphatic rings. The number of aliphatic hydroxyl groups excluding tert-OH is 1. The van der Waals surface area contributed by atoms with Crippen LogP contribution in [-0.4, -0.2) is 29.6 Å². The minimum atomic E-state index is -0.210. The zero-order valence-electron chi connectivity index (χ0n) is 14.1. The molecule has 124 valence electrons. The molecule has 2 saturated heterocycles. The van der Waals surface area contributed by atoms with Crippen LogP contribution in [0.4, 0.5) is 0 Å². The molecule has 2 heterocycles. The first-order valence-electron chi connectivity index (χ1n) is 9.20. The molecule has 0 aromatic rings. The minimum absolute atomic E-state index is 0.185. The van der Waals surface area contributed by atoms with Gasteiger partial charge in [0, 0.05) is 6.42 Å². The fourth-order valence-electron chi connectivity index (χ4n) is 3.85. The molecular formula is C18H35NO2. The van der Waals surface area contributed by atoms with Crippen molar-refractivity contribution in [2.45, 2.75) is 102 Å². The average molecular weight is 297 g/mol. The Kier molecular flexibility index (Phi) is 6.97. The molecule has 0 aliphatic carbocycles. The number of hydrogen-bond acceptors (Lipinski definition) is 3. The molecule has 2 rings (SSSR count). The fourth-order valence-corrected chi connectivity index (χ4v) is 3.85. The van der Waals surface area contributed by atoms with Crippen LogP contribution < -0.4 is 5.32 Å². The first-order valence-corrected chi connectivity index (χ1v) is 9.20. The van der Waals surface area contributed by atoms with E-state index in [4.69, 9.17) is 4.74 Å². The van der Waals surface area contributed by atoms with Gasteiger partial charge in [0.25, 0.3) is 0 Å². The van der Waals surface area contributed by atoms with E-state index in [0.717, 1.165) is 38.1 Å². The molecule has 2 N–H and O–H groups in total. The number of unbranched alkanes of at least 4 members (excludes halogenated alkanes) is 3. The Morgan fingerprint density at radius 2 is 2.00 bits per heavy atom. The molecule has 2 fully saturated rings. The maximum atomic E-state index is 10.2. The number of piperidine rings is 1. The van der Waals surface area contributed by atoms with Crippen LogP contribution in [-0.2, 0) is 4.74 Å². The lowest BCUT2D eigenvalue weighted by atomic mass is 9.88. The van der Waals surface area contributed by atoms with Crippen molar-refractivity contribution in [1.82, 2.24) is 5.32 Å². The number of nitrogens with one attached hydrogen (secondary N) is 1. The van der Waals surface area contributed by atoms with Crippen molar-refractivity contribution in [3.63, 3.8) is 0 Å². The summed E-state index contributed by atoms with van der Waals surface area (Å²) in [5.74, 6) is 0.832. The highest BCUT2D eigenvalue weighted by Crippen LogP contribution is 2.35. The van der Waals surface area contributed by atoms with E-state index in [1.165, 1.54) is 44.9 Å². The molecule has 21 heavy (non-hydrogen) atoms. The highest BCUT2D eigenvalue weighted by molar-refractivity contribution is 4.90. The van der Waals surface area contributed by atoms with Crippen molar-refractivity contribution >= 4 is 0 Å². The molecule has 3 atom stereocenters. The van der Waals surface area contributed by atoms with E-state index in [1.54, 1.807) is 0 Å². The summed E-state index contributed by atoms with van der Waals surface area (Å²) in [6, 6.07) is 0. The molecule has 0 bridgehead atoms. The lowest BCUT2D eigenvalue weighted by Gasteiger charge is -2.46. The minimum Gasteiger partial charge on any atom is -0.393 e. The van der Waals surface area contributed by atoms with Crippen LogP contribution in [0.2, 0.25) is 0 Å². The van der Waals surface area contributed by atoms with Crippen molar-refractivity contribution in [3.8, 4) is 0 Å². The fraction of sp³-hybridized carbons (Fsp3) is 1.00. The normalized spacial score (nSPS) is 33.7. The summed E-state index contributed by atoms with van der Waals surface area (Å²) in [7, 11) is 0. The maximum Gasteiger partial charge on any atom is 0.122 e. The third-order valence-electron chi connectivity index (χ3n) is 5.00. The van der Waals surface area contributed by atoms with Crippen LogP contribution in [0.1, 0.15) is 84.5 Å². The van der Waals surface area contributed by atoms with Crippen LogP contribution >= 0.6 is 0 Å². The van der Waals surface area contributed by atoms with E-state index in [-0.39, 0.29) is 17.9 Å². The molecule has 1 spiro atoms. The van der Waals surface area contributed by atoms with Gasteiger partial charge >= 0.3 is 0 Å². The second kappa shape index (κ2) is 8.50. The summed E-state index contributed by atoms with van der Waals surface area (Å²) < 4.78 is 6.36. The first-order chi connectivity index (χ1) is 10.1. The van der Waals surface area contributed by atoms with Crippen LogP contribution in [0.3, 0.4) is 0 Å². The summed E-state index contributed by atoms with van der Waals surface area (Å²) in [5, 5.41) is 13.7. The highest BCUT2D eigenvalue weighted by Gasteiger charge is 2.41. The smallest absolute Gasteiger partial charge is 0.122 e. The van der Waals surface area contributed by atoms with Crippen molar-refractivity contribution < 1.29 is 9.84 Å². The van der Waals surface area contributed by atoms with Gasteiger partial charge in [-0.15, -0.1) is 0 Å². The molecule has 0 amide bonds. The third kappa shape index (κ3) is 5.88. The van der Waals surface area contributed by atoms with Gasteiger partial charge < -0.3 is 9.84 Å². The highest BCUT2D eigenvalue weighted by atomic mass is 16.5. The van der Waals surface area contributed by atoms with Gasteiger partial charge in [-0.25, -0.2) is 0 Å². The quantitative estimate of drug-likeness (QED) is 0.698. The van der Waals surface area contributed by atoms with Crippen LogP contribution in [0.25, 0.3) is 0 Å². The van der Waals surface area contributed by atoms with Gasteiger partial charge in [0.2, 0.25) is 0 Å². The second-order valence-electron chi connectivity index (χ2n) is 7.60. The molecule has 3 nitrogen and oxygen atoms in total. The van der Waals surface area contributed by atoms with Gasteiger partial charge in [-0.3, -0.25) is 5.32 Å². The predicted octanol–water partition coefficient (Wildman–Crippen LogP) is 3.99. The zero-order valence-corrected chi connectivity index (χ0v) is 14.1. The number of ether oxygens (including phenoxy) is 1. The topological polar surface area (TPSA) is 41.5 Å². The second-order valence-corrected chi connectivity index (χ2v) is 7.60. The van der Waals surface area contributed by atoms with Crippen molar-refractivity contribution in [2.24, 2.45) is 5.92 Å². The van der Waals surface area contributed by atoms with Gasteiger partial charge in [0.05, 0.1) is 12.2 Å². The third-order valence-corrected chi connectivity index (χ3v) is 5.00. The summed E-state index contributed by atoms with van der Waals surface area (Å²) in [4.78, 5) is 0. The van der Waals surface area contributed by atoms with Gasteiger partial charge in [0.1, 0.15) is 5.72 Å². The summed E-state index contributed by atoms with van der Waals surface area (Å²) >= 11 is 0. The number of hydrogen-bond donors (Lipinski definition) is 2. The molecule has 0 radical (unpaired) electrons. The predicted molar refractivity (Wildman–Crippen MR) is 87.2 cm³/mol. The molecule has 0 unspecified atom stereocenters. The molecule has 3 heteroatoms. The summed E-state index contributed by atoms with van der Waals surface area (Å²) in [6.07, 6.45) is 12.9. The van der Waals surface area contributed by atoms with Crippen LogP contribution in [0.15, 0.2) is 0 Å². The first kappa shape index (κ1) is 17.2. The Morgan fingerprint density at radius 3 is 2.71 bits per heavy atom. The molecule has 0 aromatic carbocycles. The number of aliphatic hydroxyl groups is 1. The van der Waals surface area contributed by atoms with Gasteiger partial charge in [-0.2, -0.15) is 0 Å². The van der Waals surface area contributed by atoms with Crippen molar-refractivity contribution in [3.05, 3.63) is 0 Å². The summed E-state index contributed by atoms with van der Waals surface area (Å²) in [5.41, 5.74) is -0.210. The zero-order chi connectivity index (χ0) is 15.1. The Labute approximate surface area is 130 Å². The summed E-state index contributed by atoms with van der Waals surface area (Å²) in [6.45, 7) is 5.64. The van der Waals surface area contributed by atoms with Crippen molar-refractivity contribution in [1.29, 1.82) is 0 Å². The molecular weight excluding hydrogens is 262 g/mol. The van der Waals surface area contributed by atoms with Gasteiger partial charge in [-0.05, 0) is 44.6 Å². The Bertz CT molecular complexity index is 287. The van der Waals surface area contributed by atoms with E-state index in [0.29, 0.717) is 0 Å². The Morgan fingerprint density at radius 1 is 1.19 bits per heavy atom. The monoisotopic (exact) mass is 297 g/mol. The van der Waals surface area contributed by atoms with Crippen LogP contribution in [0.5, 0.6) is 0 Å². The van der Waals surface area contributed by atoms with Gasteiger partial charge in [0.15, 0.2) is 0 Å². The largest absolute Gasteiger partial charge is 0.393 e. The van der Waals surface area contributed by atoms with E-state index < -0.39 is 0 Å². The van der Waals surface area contributed by atoms with Crippen LogP contribution in [0, 0.1) is 5.92 Å². The van der Waals surface area contributed by atoms with E-state index in [1.807, 2.05) is 0 Å². The average Bonchev–Trinajstić information content (AvgIpc) is 2.42. The molecule has 0 aromatic heterocycles. The van der Waals surface area contributed by atoms with E-state index >= 15 is 0 Å². The maximum absolute atomic E-state index is 10.2. The SMILES string of the molecule is CC(C)CCCCCC[C@@H]1C[C@@H](O)C[C@]2(CCCCN2)O1. The lowest BCUT2D eigenvalue weighted by molar-refractivity contribution is -0.189. The van der Waals surface area contributed by atoms with Gasteiger partial charge in [-0.1, -0.05) is 46.0 Å².